The molecule has 0 spiro atoms. The number of ether oxygens (including phenoxy) is 1. The van der Waals surface area contributed by atoms with Crippen molar-refractivity contribution in [2.24, 2.45) is 5.92 Å². The molecule has 0 aromatic carbocycles. The van der Waals surface area contributed by atoms with E-state index in [0.717, 1.165) is 38.8 Å². The third-order valence-corrected chi connectivity index (χ3v) is 6.65. The van der Waals surface area contributed by atoms with Gasteiger partial charge in [-0.1, -0.05) is 16.7 Å². The third kappa shape index (κ3) is 1.61. The minimum absolute atomic E-state index is 0.162. The molecule has 0 radical (unpaired) electrons. The lowest BCUT2D eigenvalue weighted by Crippen LogP contribution is -3.24. The molecule has 1 aromatic heterocycles. The lowest BCUT2D eigenvalue weighted by Gasteiger charge is -2.44. The Morgan fingerprint density at radius 2 is 2.04 bits per heavy atom. The lowest BCUT2D eigenvalue weighted by atomic mass is 9.66. The zero-order chi connectivity index (χ0) is 16.4. The Morgan fingerprint density at radius 3 is 2.88 bits per heavy atom. The van der Waals surface area contributed by atoms with E-state index in [2.05, 4.69) is 10.3 Å². The fraction of sp³-hybridized carbons (Fsp3) is 0.812. The summed E-state index contributed by atoms with van der Waals surface area (Å²) < 4.78 is 11.6. The Balaban J connectivity index is 1.69. The van der Waals surface area contributed by atoms with Crippen molar-refractivity contribution < 1.29 is 24.1 Å². The van der Waals surface area contributed by atoms with E-state index in [1.807, 2.05) is 0 Å². The number of aliphatic hydroxyl groups is 1. The topological polar surface area (TPSA) is 98.9 Å². The van der Waals surface area contributed by atoms with Gasteiger partial charge in [-0.2, -0.15) is 4.74 Å². The van der Waals surface area contributed by atoms with Crippen LogP contribution in [0.3, 0.4) is 0 Å². The van der Waals surface area contributed by atoms with Gasteiger partial charge >= 0.3 is 5.66 Å². The van der Waals surface area contributed by atoms with Gasteiger partial charge in [0.2, 0.25) is 11.3 Å². The molecule has 2 fully saturated rings. The van der Waals surface area contributed by atoms with Gasteiger partial charge in [0, 0.05) is 12.8 Å². The van der Waals surface area contributed by atoms with E-state index in [4.69, 9.17) is 9.37 Å². The molecule has 2 N–H and O–H groups in total. The fourth-order valence-electron chi connectivity index (χ4n) is 5.66. The molecule has 8 nitrogen and oxygen atoms in total. The number of morpholine rings is 1. The molecule has 3 atom stereocenters. The second-order valence-corrected chi connectivity index (χ2v) is 7.51. The number of nitrogens with one attached hydrogen (secondary N) is 1. The van der Waals surface area contributed by atoms with Gasteiger partial charge in [-0.15, -0.1) is 0 Å². The monoisotopic (exact) mass is 335 g/mol. The summed E-state index contributed by atoms with van der Waals surface area (Å²) in [5.74, 6) is -0.162. The summed E-state index contributed by atoms with van der Waals surface area (Å²) in [5, 5.41) is 33.2. The number of hydrogen-bond donors (Lipinski definition) is 2. The highest BCUT2D eigenvalue weighted by Gasteiger charge is 2.74. The van der Waals surface area contributed by atoms with Crippen molar-refractivity contribution in [2.75, 3.05) is 26.3 Å². The zero-order valence-corrected chi connectivity index (χ0v) is 13.7. The maximum absolute atomic E-state index is 13.5. The number of rotatable bonds is 1. The quantitative estimate of drug-likeness (QED) is 0.503. The second kappa shape index (κ2) is 5.00. The number of quaternary nitrogens is 1. The Labute approximate surface area is 139 Å². The first-order chi connectivity index (χ1) is 11.7. The number of hydrogen-bond acceptors (Lipinski definition) is 6. The van der Waals surface area contributed by atoms with Crippen LogP contribution in [0.2, 0.25) is 0 Å². The van der Waals surface area contributed by atoms with Gasteiger partial charge in [-0.25, -0.2) is 4.63 Å². The van der Waals surface area contributed by atoms with Crippen molar-refractivity contribution in [3.05, 3.63) is 16.6 Å². The number of aromatic nitrogens is 2. The molecular weight excluding hydrogens is 312 g/mol. The predicted octanol–water partition coefficient (Wildman–Crippen LogP) is -1.03. The summed E-state index contributed by atoms with van der Waals surface area (Å²) in [5.41, 5.74) is -0.177. The first-order valence-corrected chi connectivity index (χ1v) is 9.00. The molecule has 0 unspecified atom stereocenters. The summed E-state index contributed by atoms with van der Waals surface area (Å²) in [6.07, 6.45) is 4.82. The Kier molecular flexibility index (Phi) is 3.08. The maximum Gasteiger partial charge on any atom is 0.303 e. The molecule has 130 valence electrons. The van der Waals surface area contributed by atoms with Crippen LogP contribution < -0.4 is 4.90 Å². The smallest absolute Gasteiger partial charge is 0.303 e. The summed E-state index contributed by atoms with van der Waals surface area (Å²) in [6.45, 7) is 2.95. The number of nitrogens with zero attached hydrogens (tertiary/aromatic N) is 3. The molecule has 1 aromatic rings. The van der Waals surface area contributed by atoms with Crippen LogP contribution in [0.1, 0.15) is 43.5 Å². The van der Waals surface area contributed by atoms with E-state index in [-0.39, 0.29) is 5.92 Å². The Bertz CT molecular complexity index is 698. The Morgan fingerprint density at radius 1 is 1.21 bits per heavy atom. The van der Waals surface area contributed by atoms with Gasteiger partial charge in [0.1, 0.15) is 24.7 Å². The summed E-state index contributed by atoms with van der Waals surface area (Å²) in [4.78, 5) is 1.25. The number of fused-ring (bicyclic) bond motifs is 5. The molecule has 1 saturated heterocycles. The maximum atomic E-state index is 13.5. The van der Waals surface area contributed by atoms with Crippen LogP contribution in [0.4, 0.5) is 0 Å². The van der Waals surface area contributed by atoms with E-state index in [1.165, 1.54) is 9.64 Å². The molecule has 4 aliphatic rings. The van der Waals surface area contributed by atoms with Crippen molar-refractivity contribution in [1.82, 2.24) is 10.3 Å². The normalized spacial score (nSPS) is 39.5. The lowest BCUT2D eigenvalue weighted by molar-refractivity contribution is -1.05. The van der Waals surface area contributed by atoms with Crippen LogP contribution >= 0.6 is 0 Å². The highest BCUT2D eigenvalue weighted by Crippen LogP contribution is 2.52. The van der Waals surface area contributed by atoms with Crippen molar-refractivity contribution in [3.8, 4) is 0 Å². The molecule has 0 amide bonds. The molecule has 8 heteroatoms. The van der Waals surface area contributed by atoms with Gasteiger partial charge in [0.15, 0.2) is 5.69 Å². The van der Waals surface area contributed by atoms with Crippen LogP contribution in [0.5, 0.6) is 0 Å². The fourth-order valence-corrected chi connectivity index (χ4v) is 5.66. The van der Waals surface area contributed by atoms with E-state index >= 15 is 0 Å². The van der Waals surface area contributed by atoms with Gasteiger partial charge in [0.25, 0.3) is 0 Å². The molecule has 2 aliphatic carbocycles. The molecular formula is C16H23N4O4+. The van der Waals surface area contributed by atoms with Crippen molar-refractivity contribution in [2.45, 2.75) is 49.8 Å². The van der Waals surface area contributed by atoms with Crippen LogP contribution in [0.15, 0.2) is 4.63 Å². The first kappa shape index (κ1) is 14.8. The van der Waals surface area contributed by atoms with Crippen LogP contribution in [0, 0.1) is 11.1 Å². The molecule has 24 heavy (non-hydrogen) atoms. The van der Waals surface area contributed by atoms with Crippen molar-refractivity contribution in [1.29, 1.82) is 0 Å². The second-order valence-electron chi connectivity index (χ2n) is 7.51. The largest absolute Gasteiger partial charge is 0.619 e. The Hall–Kier alpha value is -1.51. The van der Waals surface area contributed by atoms with E-state index in [9.17, 15) is 10.3 Å². The number of hydroxylamine groups is 1. The minimum Gasteiger partial charge on any atom is -0.619 e. The molecule has 1 saturated carbocycles. The van der Waals surface area contributed by atoms with E-state index in [1.54, 1.807) is 0 Å². The van der Waals surface area contributed by atoms with Crippen LogP contribution in [-0.2, 0) is 16.8 Å². The molecule has 5 rings (SSSR count). The van der Waals surface area contributed by atoms with Crippen LogP contribution in [-0.4, -0.2) is 57.8 Å². The van der Waals surface area contributed by atoms with E-state index in [0.29, 0.717) is 43.2 Å². The summed E-state index contributed by atoms with van der Waals surface area (Å²) in [7, 11) is 0. The average molecular weight is 335 g/mol. The van der Waals surface area contributed by atoms with Crippen LogP contribution in [0.25, 0.3) is 0 Å². The SMILES string of the molecule is [O-][N+]1=C2CCc3nonc3[C@@]2(O)[C@H]2CCCC[C@]21[NH+]1CCOCC1. The van der Waals surface area contributed by atoms with E-state index < -0.39 is 11.3 Å². The molecule has 3 heterocycles. The first-order valence-electron chi connectivity index (χ1n) is 9.00. The van der Waals surface area contributed by atoms with Gasteiger partial charge in [-0.3, -0.25) is 4.90 Å². The minimum atomic E-state index is -1.32. The van der Waals surface area contributed by atoms with Crippen molar-refractivity contribution in [3.63, 3.8) is 0 Å². The summed E-state index contributed by atoms with van der Waals surface area (Å²) in [6, 6.07) is 0. The summed E-state index contributed by atoms with van der Waals surface area (Å²) >= 11 is 0. The predicted molar refractivity (Wildman–Crippen MR) is 81.4 cm³/mol. The zero-order valence-electron chi connectivity index (χ0n) is 13.7. The van der Waals surface area contributed by atoms with Gasteiger partial charge in [-0.05, 0) is 12.8 Å². The molecule has 2 aliphatic heterocycles. The van der Waals surface area contributed by atoms with Gasteiger partial charge in [0.05, 0.1) is 19.6 Å². The average Bonchev–Trinajstić information content (AvgIpc) is 3.18. The molecule has 0 bridgehead atoms. The van der Waals surface area contributed by atoms with Gasteiger partial charge < -0.3 is 15.1 Å². The number of aryl methyl sites for hydroxylation is 1. The standard InChI is InChI=1S/C16H22N4O4/c21-16-12-3-1-2-6-15(12,19-7-9-23-10-8-19)20(22)13(16)5-4-11-14(16)18-24-17-11/h12,21H,1-10H2/p+1/t12-,15+,16+/m0/s1. The third-order valence-electron chi connectivity index (χ3n) is 6.65. The van der Waals surface area contributed by atoms with Crippen molar-refractivity contribution >= 4 is 5.71 Å². The highest BCUT2D eigenvalue weighted by molar-refractivity contribution is 5.92. The highest BCUT2D eigenvalue weighted by atomic mass is 16.6.